The van der Waals surface area contributed by atoms with Gasteiger partial charge in [0, 0.05) is 30.2 Å². The van der Waals surface area contributed by atoms with Crippen molar-refractivity contribution in [2.24, 2.45) is 4.99 Å². The maximum atomic E-state index is 13.0. The van der Waals surface area contributed by atoms with E-state index in [1.165, 1.54) is 39.9 Å². The number of amides is 1. The van der Waals surface area contributed by atoms with Gasteiger partial charge < -0.3 is 4.57 Å². The molecule has 0 aliphatic rings. The van der Waals surface area contributed by atoms with Crippen LogP contribution in [0.25, 0.3) is 10.2 Å². The van der Waals surface area contributed by atoms with Gasteiger partial charge in [-0.15, -0.1) is 6.58 Å². The van der Waals surface area contributed by atoms with Crippen molar-refractivity contribution in [1.29, 1.82) is 0 Å². The van der Waals surface area contributed by atoms with Crippen LogP contribution in [0, 0.1) is 6.92 Å². The summed E-state index contributed by atoms with van der Waals surface area (Å²) in [6.07, 6.45) is 3.21. The van der Waals surface area contributed by atoms with Crippen LogP contribution in [0.1, 0.15) is 42.6 Å². The molecule has 0 bridgehead atoms. The van der Waals surface area contributed by atoms with Crippen LogP contribution in [0.15, 0.2) is 58.9 Å². The number of thiazole rings is 1. The van der Waals surface area contributed by atoms with Crippen LogP contribution in [0.3, 0.4) is 0 Å². The summed E-state index contributed by atoms with van der Waals surface area (Å²) in [5, 5.41) is 0.646. The maximum absolute atomic E-state index is 13.0. The number of nitrogens with zero attached hydrogens (tertiary/aromatic N) is 3. The van der Waals surface area contributed by atoms with Crippen LogP contribution >= 0.6 is 22.9 Å². The van der Waals surface area contributed by atoms with Crippen molar-refractivity contribution in [2.45, 2.75) is 45.1 Å². The van der Waals surface area contributed by atoms with E-state index in [0.717, 1.165) is 28.6 Å². The monoisotopic (exact) mass is 505 g/mol. The second-order valence-corrected chi connectivity index (χ2v) is 11.0. The van der Waals surface area contributed by atoms with Gasteiger partial charge in [-0.1, -0.05) is 42.9 Å². The molecule has 176 valence electrons. The molecule has 9 heteroatoms. The largest absolute Gasteiger partial charge is 0.312 e. The Hall–Kier alpha value is -2.26. The van der Waals surface area contributed by atoms with Gasteiger partial charge in [0.1, 0.15) is 0 Å². The minimum absolute atomic E-state index is 0.176. The van der Waals surface area contributed by atoms with Crippen LogP contribution in [-0.4, -0.2) is 36.3 Å². The fraction of sp³-hybridized carbons (Fsp3) is 0.333. The second-order valence-electron chi connectivity index (χ2n) is 7.65. The first-order valence-corrected chi connectivity index (χ1v) is 13.5. The second kappa shape index (κ2) is 10.8. The predicted octanol–water partition coefficient (Wildman–Crippen LogP) is 5.40. The zero-order valence-corrected chi connectivity index (χ0v) is 21.4. The van der Waals surface area contributed by atoms with Crippen molar-refractivity contribution in [3.05, 3.63) is 70.0 Å². The van der Waals surface area contributed by atoms with E-state index in [-0.39, 0.29) is 4.90 Å². The van der Waals surface area contributed by atoms with Crippen molar-refractivity contribution in [2.75, 3.05) is 13.1 Å². The van der Waals surface area contributed by atoms with Crippen molar-refractivity contribution >= 4 is 49.1 Å². The number of benzene rings is 2. The van der Waals surface area contributed by atoms with E-state index in [2.05, 4.69) is 11.6 Å². The summed E-state index contributed by atoms with van der Waals surface area (Å²) < 4.78 is 30.3. The molecule has 0 aliphatic heterocycles. The standard InChI is InChI=1S/C24H28ClN3O3S2/c1-5-14-27(15-6-2)33(30,31)19-10-8-18(9-11-19)23(29)26-24-28(16-7-3)22-17(4)20(25)12-13-21(22)32-24/h7-13H,3,5-6,14-16H2,1-2,4H3. The number of carbonyl (C=O) groups excluding carboxylic acids is 1. The number of fused-ring (bicyclic) bond motifs is 1. The van der Waals surface area contributed by atoms with Gasteiger partial charge in [0.25, 0.3) is 5.91 Å². The molecule has 0 fully saturated rings. The maximum Gasteiger partial charge on any atom is 0.279 e. The van der Waals surface area contributed by atoms with Crippen molar-refractivity contribution in [3.63, 3.8) is 0 Å². The number of allylic oxidation sites excluding steroid dienone is 1. The third-order valence-electron chi connectivity index (χ3n) is 5.22. The Morgan fingerprint density at radius 2 is 1.79 bits per heavy atom. The van der Waals surface area contributed by atoms with Crippen LogP contribution < -0.4 is 4.80 Å². The summed E-state index contributed by atoms with van der Waals surface area (Å²) >= 11 is 7.70. The lowest BCUT2D eigenvalue weighted by atomic mass is 10.2. The highest BCUT2D eigenvalue weighted by atomic mass is 35.5. The van der Waals surface area contributed by atoms with E-state index in [4.69, 9.17) is 11.6 Å². The third kappa shape index (κ3) is 5.30. The molecule has 0 saturated heterocycles. The number of hydrogen-bond acceptors (Lipinski definition) is 4. The van der Waals surface area contributed by atoms with Gasteiger partial charge >= 0.3 is 0 Å². The molecule has 1 amide bonds. The number of halogens is 1. The number of sulfonamides is 1. The molecule has 1 heterocycles. The van der Waals surface area contributed by atoms with Crippen LogP contribution in [0.5, 0.6) is 0 Å². The van der Waals surface area contributed by atoms with E-state index in [0.29, 0.717) is 35.0 Å². The quantitative estimate of drug-likeness (QED) is 0.365. The Morgan fingerprint density at radius 1 is 1.15 bits per heavy atom. The first-order chi connectivity index (χ1) is 15.7. The average molecular weight is 506 g/mol. The molecule has 0 unspecified atom stereocenters. The summed E-state index contributed by atoms with van der Waals surface area (Å²) in [6, 6.07) is 9.73. The molecule has 6 nitrogen and oxygen atoms in total. The van der Waals surface area contributed by atoms with Crippen molar-refractivity contribution in [1.82, 2.24) is 8.87 Å². The smallest absolute Gasteiger partial charge is 0.279 e. The summed E-state index contributed by atoms with van der Waals surface area (Å²) in [5.41, 5.74) is 2.16. The topological polar surface area (TPSA) is 71.7 Å². The molecule has 0 spiro atoms. The number of aromatic nitrogens is 1. The van der Waals surface area contributed by atoms with E-state index in [9.17, 15) is 13.2 Å². The Morgan fingerprint density at radius 3 is 2.36 bits per heavy atom. The van der Waals surface area contributed by atoms with Crippen molar-refractivity contribution < 1.29 is 13.2 Å². The molecule has 0 radical (unpaired) electrons. The van der Waals surface area contributed by atoms with Gasteiger partial charge in [-0.2, -0.15) is 9.30 Å². The lowest BCUT2D eigenvalue weighted by Crippen LogP contribution is -2.32. The van der Waals surface area contributed by atoms with Crippen LogP contribution in [-0.2, 0) is 16.6 Å². The van der Waals surface area contributed by atoms with E-state index in [1.54, 1.807) is 6.08 Å². The fourth-order valence-corrected chi connectivity index (χ4v) is 6.49. The van der Waals surface area contributed by atoms with Crippen LogP contribution in [0.2, 0.25) is 5.02 Å². The summed E-state index contributed by atoms with van der Waals surface area (Å²) in [4.78, 5) is 18.0. The number of hydrogen-bond donors (Lipinski definition) is 0. The highest BCUT2D eigenvalue weighted by Crippen LogP contribution is 2.27. The first kappa shape index (κ1) is 25.4. The van der Waals surface area contributed by atoms with Gasteiger partial charge in [-0.25, -0.2) is 8.42 Å². The van der Waals surface area contributed by atoms with E-state index >= 15 is 0 Å². The Labute approximate surface area is 203 Å². The third-order valence-corrected chi connectivity index (χ3v) is 8.59. The SMILES string of the molecule is C=CCn1c(=NC(=O)c2ccc(S(=O)(=O)N(CCC)CCC)cc2)sc2ccc(Cl)c(C)c21. The Kier molecular flexibility index (Phi) is 8.28. The molecular weight excluding hydrogens is 478 g/mol. The summed E-state index contributed by atoms with van der Waals surface area (Å²) in [6.45, 7) is 11.0. The van der Waals surface area contributed by atoms with Crippen molar-refractivity contribution in [3.8, 4) is 0 Å². The minimum Gasteiger partial charge on any atom is -0.312 e. The average Bonchev–Trinajstić information content (AvgIpc) is 3.14. The summed E-state index contributed by atoms with van der Waals surface area (Å²) in [7, 11) is -3.60. The van der Waals surface area contributed by atoms with Gasteiger partial charge in [-0.05, 0) is 61.7 Å². The number of aryl methyl sites for hydroxylation is 1. The lowest BCUT2D eigenvalue weighted by Gasteiger charge is -2.21. The Balaban J connectivity index is 1.99. The van der Waals surface area contributed by atoms with Gasteiger partial charge in [-0.3, -0.25) is 4.79 Å². The van der Waals surface area contributed by atoms with E-state index < -0.39 is 15.9 Å². The molecule has 2 aromatic carbocycles. The molecule has 33 heavy (non-hydrogen) atoms. The fourth-order valence-electron chi connectivity index (χ4n) is 3.62. The normalized spacial score (nSPS) is 12.6. The van der Waals surface area contributed by atoms with Gasteiger partial charge in [0.05, 0.1) is 15.1 Å². The highest BCUT2D eigenvalue weighted by Gasteiger charge is 2.23. The molecule has 0 N–H and O–H groups in total. The van der Waals surface area contributed by atoms with Gasteiger partial charge in [0.15, 0.2) is 4.80 Å². The highest BCUT2D eigenvalue weighted by molar-refractivity contribution is 7.89. The predicted molar refractivity (Wildman–Crippen MR) is 135 cm³/mol. The van der Waals surface area contributed by atoms with E-state index in [1.807, 2.05) is 37.5 Å². The number of carbonyl (C=O) groups is 1. The van der Waals surface area contributed by atoms with Crippen LogP contribution in [0.4, 0.5) is 0 Å². The zero-order chi connectivity index (χ0) is 24.2. The lowest BCUT2D eigenvalue weighted by molar-refractivity contribution is 0.0997. The Bertz CT molecular complexity index is 1330. The zero-order valence-electron chi connectivity index (χ0n) is 19.0. The number of rotatable bonds is 9. The molecule has 0 saturated carbocycles. The molecule has 3 aromatic rings. The summed E-state index contributed by atoms with van der Waals surface area (Å²) in [5.74, 6) is -0.439. The molecule has 1 aromatic heterocycles. The van der Waals surface area contributed by atoms with Gasteiger partial charge in [0.2, 0.25) is 10.0 Å². The minimum atomic E-state index is -3.60. The molecule has 3 rings (SSSR count). The molecule has 0 aliphatic carbocycles. The molecule has 0 atom stereocenters. The molecular formula is C24H28ClN3O3S2. The first-order valence-electron chi connectivity index (χ1n) is 10.8.